The number of rotatable bonds is 18. The van der Waals surface area contributed by atoms with Gasteiger partial charge in [0.05, 0.1) is 29.8 Å². The Labute approximate surface area is 373 Å². The molecular weight excluding hydrogens is 819 g/mol. The molecule has 7 unspecified atom stereocenters. The Morgan fingerprint density at radius 2 is 1.69 bits per heavy atom. The van der Waals surface area contributed by atoms with Crippen molar-refractivity contribution < 1.29 is 48.5 Å². The summed E-state index contributed by atoms with van der Waals surface area (Å²) >= 11 is 0. The monoisotopic (exact) mass is 875 g/mol. The number of unbranched alkanes of at least 4 members (excludes halogenated alkanes) is 2. The van der Waals surface area contributed by atoms with E-state index in [2.05, 4.69) is 30.9 Å². The number of likely N-dealkylation sites (N-methyl/N-ethyl adjacent to an activating group) is 1. The number of carbonyl (C=O) groups is 1. The van der Waals surface area contributed by atoms with Gasteiger partial charge in [-0.15, -0.1) is 6.58 Å². The number of benzene rings is 4. The molecule has 2 aliphatic heterocycles. The molecule has 0 bridgehead atoms. The average Bonchev–Trinajstić information content (AvgIpc) is 3.31. The Balaban J connectivity index is 1.27. The van der Waals surface area contributed by atoms with E-state index in [4.69, 9.17) is 33.7 Å². The van der Waals surface area contributed by atoms with Gasteiger partial charge >= 0.3 is 6.09 Å². The largest absolute Gasteiger partial charge is 0.459 e. The number of amides is 1. The lowest BCUT2D eigenvalue weighted by Gasteiger charge is -2.59. The Hall–Kier alpha value is -5.80. The first-order valence-corrected chi connectivity index (χ1v) is 22.4. The van der Waals surface area contributed by atoms with Gasteiger partial charge in [0, 0.05) is 56.7 Å². The van der Waals surface area contributed by atoms with Crippen LogP contribution < -0.4 is 14.2 Å². The molecule has 338 valence electrons. The number of nitrogens with zero attached hydrogens (tertiary/aromatic N) is 3. The maximum absolute atomic E-state index is 14.3. The molecule has 4 aliphatic rings. The fourth-order valence-corrected chi connectivity index (χ4v) is 10.0. The number of nitro groups is 1. The summed E-state index contributed by atoms with van der Waals surface area (Å²) in [6, 6.07) is 24.5. The molecule has 7 atom stereocenters. The Morgan fingerprint density at radius 3 is 2.42 bits per heavy atom. The van der Waals surface area contributed by atoms with Crippen LogP contribution in [0, 0.1) is 27.9 Å². The maximum atomic E-state index is 14.3. The van der Waals surface area contributed by atoms with Crippen LogP contribution in [-0.4, -0.2) is 83.4 Å². The van der Waals surface area contributed by atoms with Crippen molar-refractivity contribution >= 4 is 28.3 Å². The smallest absolute Gasteiger partial charge is 0.415 e. The molecule has 14 heteroatoms. The average molecular weight is 876 g/mol. The van der Waals surface area contributed by atoms with Crippen LogP contribution in [0.3, 0.4) is 0 Å². The third kappa shape index (κ3) is 9.51. The van der Waals surface area contributed by atoms with Gasteiger partial charge in [-0.1, -0.05) is 60.5 Å². The molecule has 2 N–H and O–H groups in total. The van der Waals surface area contributed by atoms with Crippen molar-refractivity contribution in [3.05, 3.63) is 125 Å². The fraction of sp³-hybridized carbons (Fsp3) is 0.440. The van der Waals surface area contributed by atoms with Crippen LogP contribution in [-0.2, 0) is 14.3 Å². The summed E-state index contributed by atoms with van der Waals surface area (Å²) in [5.74, 6) is -0.270. The molecule has 1 saturated heterocycles. The van der Waals surface area contributed by atoms with Gasteiger partial charge in [-0.05, 0) is 109 Å². The topological polar surface area (TPSA) is 172 Å². The summed E-state index contributed by atoms with van der Waals surface area (Å²) in [5, 5.41) is 38.3. The van der Waals surface area contributed by atoms with E-state index in [1.807, 2.05) is 42.5 Å². The van der Waals surface area contributed by atoms with E-state index in [0.717, 1.165) is 60.4 Å². The molecule has 4 aromatic carbocycles. The van der Waals surface area contributed by atoms with Gasteiger partial charge in [0.25, 0.3) is 5.69 Å². The third-order valence-corrected chi connectivity index (χ3v) is 13.0. The second-order valence-corrected chi connectivity index (χ2v) is 17.0. The fourth-order valence-electron chi connectivity index (χ4n) is 10.0. The minimum Gasteiger partial charge on any atom is -0.459 e. The predicted octanol–water partition coefficient (Wildman–Crippen LogP) is 9.83. The van der Waals surface area contributed by atoms with Crippen LogP contribution in [0.4, 0.5) is 10.5 Å². The summed E-state index contributed by atoms with van der Waals surface area (Å²) in [4.78, 5) is 32.9. The van der Waals surface area contributed by atoms with Gasteiger partial charge in [-0.3, -0.25) is 10.1 Å². The number of fused-ring (bicyclic) bond motifs is 3. The van der Waals surface area contributed by atoms with Gasteiger partial charge < -0.3 is 43.6 Å². The van der Waals surface area contributed by atoms with Crippen molar-refractivity contribution in [3.63, 3.8) is 0 Å². The maximum Gasteiger partial charge on any atom is 0.415 e. The molecule has 0 spiro atoms. The molecule has 64 heavy (non-hydrogen) atoms. The highest BCUT2D eigenvalue weighted by atomic mass is 16.8. The summed E-state index contributed by atoms with van der Waals surface area (Å²) in [6.45, 7) is 4.80. The lowest BCUT2D eigenvalue weighted by molar-refractivity contribution is -0.384. The van der Waals surface area contributed by atoms with E-state index < -0.39 is 35.1 Å². The van der Waals surface area contributed by atoms with E-state index >= 15 is 0 Å². The van der Waals surface area contributed by atoms with Crippen LogP contribution in [0.2, 0.25) is 0 Å². The first kappa shape index (κ1) is 44.8. The number of allylic oxidation sites excluding steroid dienone is 1. The minimum absolute atomic E-state index is 0.00392. The second kappa shape index (κ2) is 20.4. The molecule has 8 rings (SSSR count). The third-order valence-electron chi connectivity index (χ3n) is 13.0. The number of hydrogen-bond acceptors (Lipinski definition) is 12. The number of oxime groups is 1. The van der Waals surface area contributed by atoms with Gasteiger partial charge in [-0.25, -0.2) is 4.79 Å². The molecule has 2 heterocycles. The highest BCUT2D eigenvalue weighted by Gasteiger charge is 2.65. The lowest BCUT2D eigenvalue weighted by Crippen LogP contribution is -2.69. The SMILES string of the molecule is C=CCOC12Oc3ccc(Oc4ccc5ccccc5c4)cc3C3C(CCCCO)C(CCCCO)C=C(C(=NOC4CCCCO4)CC1N(C)C(=O)Oc1ccc([N+](=O)[O-])cc1)C32. The van der Waals surface area contributed by atoms with Crippen molar-refractivity contribution in [1.29, 1.82) is 0 Å². The number of aliphatic hydroxyl groups excluding tert-OH is 2. The summed E-state index contributed by atoms with van der Waals surface area (Å²) in [5.41, 5.74) is 2.29. The zero-order chi connectivity index (χ0) is 44.6. The standard InChI is InChI=1S/C50H57N3O11/c1-3-27-60-50-45(52(2)49(56)62-37-21-18-36(19-22-37)53(57)58)32-43(51-64-46-16-8-11-28-59-46)41-30-35(14-6-9-25-54)40(15-7-10-26-55)47(48(41)50)42-31-39(23-24-44(42)63-50)61-38-20-17-33-12-4-5-13-34(33)29-38/h3-5,12-13,17-24,29-31,35,40,45-48,54-55H,1,6-11,14-16,25-28,32H2,2H3. The van der Waals surface area contributed by atoms with Gasteiger partial charge in [0.1, 0.15) is 29.0 Å². The summed E-state index contributed by atoms with van der Waals surface area (Å²) in [7, 11) is 1.63. The molecule has 0 aromatic heterocycles. The van der Waals surface area contributed by atoms with E-state index in [1.165, 1.54) is 29.2 Å². The molecule has 2 aliphatic carbocycles. The van der Waals surface area contributed by atoms with E-state index in [9.17, 15) is 25.1 Å². The molecule has 1 amide bonds. The zero-order valence-electron chi connectivity index (χ0n) is 36.2. The summed E-state index contributed by atoms with van der Waals surface area (Å²) < 4.78 is 32.7. The molecular formula is C50H57N3O11. The van der Waals surface area contributed by atoms with Crippen LogP contribution in [0.15, 0.2) is 114 Å². The number of carbonyl (C=O) groups excluding carboxylic acids is 1. The van der Waals surface area contributed by atoms with Crippen LogP contribution in [0.5, 0.6) is 23.0 Å². The highest BCUT2D eigenvalue weighted by molar-refractivity contribution is 6.03. The van der Waals surface area contributed by atoms with Crippen LogP contribution in [0.1, 0.15) is 75.7 Å². The van der Waals surface area contributed by atoms with Crippen molar-refractivity contribution in [2.45, 2.75) is 88.2 Å². The van der Waals surface area contributed by atoms with Gasteiger partial charge in [0.15, 0.2) is 0 Å². The number of nitro benzene ring substituents is 1. The molecule has 14 nitrogen and oxygen atoms in total. The predicted molar refractivity (Wildman–Crippen MR) is 241 cm³/mol. The number of aliphatic hydroxyl groups is 2. The van der Waals surface area contributed by atoms with Crippen molar-refractivity contribution in [3.8, 4) is 23.0 Å². The van der Waals surface area contributed by atoms with E-state index in [0.29, 0.717) is 48.8 Å². The normalized spacial score (nSPS) is 25.3. The van der Waals surface area contributed by atoms with Gasteiger partial charge in [0.2, 0.25) is 12.1 Å². The van der Waals surface area contributed by atoms with Crippen molar-refractivity contribution in [2.75, 3.05) is 33.5 Å². The second-order valence-electron chi connectivity index (χ2n) is 17.0. The van der Waals surface area contributed by atoms with Crippen LogP contribution >= 0.6 is 0 Å². The number of ether oxygens (including phenoxy) is 5. The zero-order valence-corrected chi connectivity index (χ0v) is 36.2. The first-order valence-electron chi connectivity index (χ1n) is 22.4. The number of hydrogen-bond donors (Lipinski definition) is 2. The van der Waals surface area contributed by atoms with Crippen molar-refractivity contribution in [2.24, 2.45) is 22.9 Å². The first-order chi connectivity index (χ1) is 31.2. The Bertz CT molecular complexity index is 2340. The quantitative estimate of drug-likeness (QED) is 0.0422. The summed E-state index contributed by atoms with van der Waals surface area (Å²) in [6.07, 6.45) is 9.81. The number of non-ortho nitro benzene ring substituents is 1. The Kier molecular flexibility index (Phi) is 14.2. The molecule has 1 saturated carbocycles. The van der Waals surface area contributed by atoms with Crippen LogP contribution in [0.25, 0.3) is 10.8 Å². The minimum atomic E-state index is -1.51. The van der Waals surface area contributed by atoms with E-state index in [1.54, 1.807) is 13.1 Å². The van der Waals surface area contributed by atoms with E-state index in [-0.39, 0.29) is 55.4 Å². The lowest BCUT2D eigenvalue weighted by atomic mass is 9.55. The highest BCUT2D eigenvalue weighted by Crippen LogP contribution is 2.62. The molecule has 4 aromatic rings. The molecule has 0 radical (unpaired) electrons. The molecule has 2 fully saturated rings. The van der Waals surface area contributed by atoms with Gasteiger partial charge in [-0.2, -0.15) is 0 Å². The Morgan fingerprint density at radius 1 is 0.953 bits per heavy atom. The van der Waals surface area contributed by atoms with Crippen molar-refractivity contribution in [1.82, 2.24) is 4.90 Å².